The van der Waals surface area contributed by atoms with Gasteiger partial charge in [0.1, 0.15) is 11.5 Å². The number of nitrogens with zero attached hydrogens (tertiary/aromatic N) is 5. The summed E-state index contributed by atoms with van der Waals surface area (Å²) in [6.45, 7) is 3.98. The number of H-pyrrole nitrogens is 1. The maximum Gasteiger partial charge on any atom is 0.180 e. The molecule has 0 aliphatic carbocycles. The van der Waals surface area contributed by atoms with Crippen LogP contribution in [0.15, 0.2) is 24.4 Å². The molecule has 6 heteroatoms. The van der Waals surface area contributed by atoms with Crippen molar-refractivity contribution >= 4 is 22.3 Å². The molecule has 4 rings (SSSR count). The number of nitrogens with one attached hydrogen (secondary N) is 1. The summed E-state index contributed by atoms with van der Waals surface area (Å²) in [6.07, 6.45) is 1.83. The molecule has 0 aromatic carbocycles. The van der Waals surface area contributed by atoms with Crippen LogP contribution in [0.5, 0.6) is 0 Å². The minimum Gasteiger partial charge on any atom is -0.335 e. The molecule has 0 amide bonds. The van der Waals surface area contributed by atoms with Gasteiger partial charge < -0.3 is 9.55 Å². The highest BCUT2D eigenvalue weighted by molar-refractivity contribution is 5.87. The number of fused-ring (bicyclic) bond motifs is 2. The van der Waals surface area contributed by atoms with E-state index < -0.39 is 0 Å². The summed E-state index contributed by atoms with van der Waals surface area (Å²) >= 11 is 0. The lowest BCUT2D eigenvalue weighted by molar-refractivity contribution is 0.886. The van der Waals surface area contributed by atoms with E-state index in [0.717, 1.165) is 39.6 Å². The molecule has 0 unspecified atom stereocenters. The third-order valence-corrected chi connectivity index (χ3v) is 3.70. The number of imidazole rings is 2. The van der Waals surface area contributed by atoms with Gasteiger partial charge >= 0.3 is 0 Å². The van der Waals surface area contributed by atoms with Crippen LogP contribution in [0.2, 0.25) is 0 Å². The van der Waals surface area contributed by atoms with Gasteiger partial charge in [-0.25, -0.2) is 15.0 Å². The van der Waals surface area contributed by atoms with E-state index in [4.69, 9.17) is 0 Å². The van der Waals surface area contributed by atoms with Crippen molar-refractivity contribution in [3.63, 3.8) is 0 Å². The first-order valence-electron chi connectivity index (χ1n) is 6.74. The second-order valence-corrected chi connectivity index (χ2v) is 5.23. The monoisotopic (exact) mass is 278 g/mol. The molecule has 0 atom stereocenters. The van der Waals surface area contributed by atoms with Crippen LogP contribution in [0.3, 0.4) is 0 Å². The Morgan fingerprint density at radius 1 is 1.05 bits per heavy atom. The quantitative estimate of drug-likeness (QED) is 0.580. The second kappa shape index (κ2) is 4.12. The van der Waals surface area contributed by atoms with Gasteiger partial charge in [0.05, 0.1) is 11.0 Å². The molecule has 0 aliphatic heterocycles. The Hall–Kier alpha value is -2.76. The Morgan fingerprint density at radius 2 is 1.90 bits per heavy atom. The Morgan fingerprint density at radius 3 is 2.67 bits per heavy atom. The lowest BCUT2D eigenvalue weighted by Crippen LogP contribution is -1.90. The number of rotatable bonds is 1. The van der Waals surface area contributed by atoms with Gasteiger partial charge in [-0.05, 0) is 31.5 Å². The standard InChI is InChI=1S/C15H14N6/c1-8-4-5-10(16-7-8)13-18-11-6-12-15(20-14(11)19-13)17-9(2)21(12)3/h4-7H,1-3H3,(H,18,19,20). The fraction of sp³-hybridized carbons (Fsp3) is 0.200. The largest absolute Gasteiger partial charge is 0.335 e. The summed E-state index contributed by atoms with van der Waals surface area (Å²) in [4.78, 5) is 21.2. The molecule has 0 saturated heterocycles. The number of hydrogen-bond acceptors (Lipinski definition) is 4. The molecule has 0 spiro atoms. The third kappa shape index (κ3) is 1.79. The Labute approximate surface area is 120 Å². The van der Waals surface area contributed by atoms with Gasteiger partial charge in [0.25, 0.3) is 0 Å². The minimum absolute atomic E-state index is 0.665. The van der Waals surface area contributed by atoms with Crippen LogP contribution >= 0.6 is 0 Å². The fourth-order valence-electron chi connectivity index (χ4n) is 2.38. The Balaban J connectivity index is 1.93. The van der Waals surface area contributed by atoms with Crippen LogP contribution in [-0.2, 0) is 7.05 Å². The highest BCUT2D eigenvalue weighted by Crippen LogP contribution is 2.21. The molecule has 0 saturated carbocycles. The number of aromatic amines is 1. The van der Waals surface area contributed by atoms with Crippen molar-refractivity contribution in [3.8, 4) is 11.5 Å². The highest BCUT2D eigenvalue weighted by Gasteiger charge is 2.12. The number of aromatic nitrogens is 6. The smallest absolute Gasteiger partial charge is 0.180 e. The minimum atomic E-state index is 0.665. The Kier molecular flexibility index (Phi) is 2.35. The van der Waals surface area contributed by atoms with Crippen LogP contribution < -0.4 is 0 Å². The molecular formula is C15H14N6. The van der Waals surface area contributed by atoms with Gasteiger partial charge in [0.15, 0.2) is 17.1 Å². The molecular weight excluding hydrogens is 264 g/mol. The first kappa shape index (κ1) is 12.0. The molecule has 0 bridgehead atoms. The first-order chi connectivity index (χ1) is 10.1. The molecule has 0 fully saturated rings. The van der Waals surface area contributed by atoms with E-state index in [1.54, 1.807) is 0 Å². The van der Waals surface area contributed by atoms with Gasteiger partial charge in [0.2, 0.25) is 0 Å². The van der Waals surface area contributed by atoms with Gasteiger partial charge in [-0.3, -0.25) is 4.98 Å². The van der Waals surface area contributed by atoms with Gasteiger partial charge in [-0.2, -0.15) is 0 Å². The zero-order chi connectivity index (χ0) is 14.6. The summed E-state index contributed by atoms with van der Waals surface area (Å²) in [5, 5.41) is 0. The highest BCUT2D eigenvalue weighted by atomic mass is 15.1. The van der Waals surface area contributed by atoms with Crippen LogP contribution in [0.4, 0.5) is 0 Å². The topological polar surface area (TPSA) is 72.3 Å². The molecule has 104 valence electrons. The first-order valence-corrected chi connectivity index (χ1v) is 6.74. The summed E-state index contributed by atoms with van der Waals surface area (Å²) in [5.74, 6) is 1.66. The summed E-state index contributed by atoms with van der Waals surface area (Å²) < 4.78 is 2.02. The van der Waals surface area contributed by atoms with Crippen molar-refractivity contribution in [2.24, 2.45) is 7.05 Å². The van der Waals surface area contributed by atoms with Gasteiger partial charge in [0, 0.05) is 13.2 Å². The van der Waals surface area contributed by atoms with Crippen molar-refractivity contribution in [1.29, 1.82) is 0 Å². The maximum absolute atomic E-state index is 4.52. The van der Waals surface area contributed by atoms with Crippen molar-refractivity contribution in [2.75, 3.05) is 0 Å². The van der Waals surface area contributed by atoms with Crippen LogP contribution in [0, 0.1) is 13.8 Å². The van der Waals surface area contributed by atoms with E-state index in [1.807, 2.05) is 49.9 Å². The van der Waals surface area contributed by atoms with Crippen LogP contribution in [-0.4, -0.2) is 29.5 Å². The molecule has 4 heterocycles. The molecule has 0 radical (unpaired) electrons. The van der Waals surface area contributed by atoms with Gasteiger partial charge in [-0.15, -0.1) is 0 Å². The van der Waals surface area contributed by atoms with Crippen molar-refractivity contribution < 1.29 is 0 Å². The average Bonchev–Trinajstić information content (AvgIpc) is 2.99. The van der Waals surface area contributed by atoms with E-state index >= 15 is 0 Å². The van der Waals surface area contributed by atoms with Crippen molar-refractivity contribution in [1.82, 2.24) is 29.5 Å². The number of hydrogen-bond donors (Lipinski definition) is 1. The van der Waals surface area contributed by atoms with Crippen LogP contribution in [0.25, 0.3) is 33.8 Å². The summed E-state index contributed by atoms with van der Waals surface area (Å²) in [6, 6.07) is 6.00. The van der Waals surface area contributed by atoms with E-state index in [-0.39, 0.29) is 0 Å². The zero-order valence-corrected chi connectivity index (χ0v) is 12.0. The normalized spacial score (nSPS) is 11.6. The van der Waals surface area contributed by atoms with Crippen molar-refractivity contribution in [2.45, 2.75) is 13.8 Å². The molecule has 4 aromatic heterocycles. The molecule has 21 heavy (non-hydrogen) atoms. The molecule has 0 aliphatic rings. The van der Waals surface area contributed by atoms with E-state index in [2.05, 4.69) is 24.9 Å². The lowest BCUT2D eigenvalue weighted by Gasteiger charge is -1.95. The van der Waals surface area contributed by atoms with E-state index in [1.165, 1.54) is 0 Å². The number of pyridine rings is 2. The Bertz CT molecular complexity index is 961. The molecule has 1 N–H and O–H groups in total. The summed E-state index contributed by atoms with van der Waals surface area (Å²) in [5.41, 5.74) is 5.20. The van der Waals surface area contributed by atoms with Crippen molar-refractivity contribution in [3.05, 3.63) is 35.8 Å². The zero-order valence-electron chi connectivity index (χ0n) is 12.0. The summed E-state index contributed by atoms with van der Waals surface area (Å²) in [7, 11) is 1.98. The molecule has 4 aromatic rings. The maximum atomic E-state index is 4.52. The lowest BCUT2D eigenvalue weighted by atomic mass is 10.3. The predicted octanol–water partition coefficient (Wildman–Crippen LogP) is 2.52. The van der Waals surface area contributed by atoms with E-state index in [0.29, 0.717) is 5.65 Å². The van der Waals surface area contributed by atoms with Crippen LogP contribution in [0.1, 0.15) is 11.4 Å². The predicted molar refractivity (Wildman–Crippen MR) is 80.9 cm³/mol. The molecule has 6 nitrogen and oxygen atoms in total. The van der Waals surface area contributed by atoms with Gasteiger partial charge in [-0.1, -0.05) is 6.07 Å². The number of aryl methyl sites for hydroxylation is 3. The SMILES string of the molecule is Cc1ccc(-c2nc3nc4nc(C)n(C)c4cc3[nH]2)nc1. The van der Waals surface area contributed by atoms with E-state index in [9.17, 15) is 0 Å². The third-order valence-electron chi connectivity index (χ3n) is 3.70. The fourth-order valence-corrected chi connectivity index (χ4v) is 2.38. The average molecular weight is 278 g/mol. The second-order valence-electron chi connectivity index (χ2n) is 5.23.